The van der Waals surface area contributed by atoms with Crippen molar-refractivity contribution in [2.75, 3.05) is 24.6 Å². The molecule has 1 aliphatic heterocycles. The van der Waals surface area contributed by atoms with E-state index in [1.54, 1.807) is 6.07 Å². The lowest BCUT2D eigenvalue weighted by atomic mass is 10.1. The van der Waals surface area contributed by atoms with Crippen molar-refractivity contribution in [1.29, 1.82) is 0 Å². The van der Waals surface area contributed by atoms with Gasteiger partial charge >= 0.3 is 0 Å². The first-order valence-corrected chi connectivity index (χ1v) is 8.17. The van der Waals surface area contributed by atoms with Gasteiger partial charge in [-0.05, 0) is 43.9 Å². The van der Waals surface area contributed by atoms with E-state index in [-0.39, 0.29) is 11.9 Å². The average Bonchev–Trinajstić information content (AvgIpc) is 2.96. The first kappa shape index (κ1) is 14.8. The largest absolute Gasteiger partial charge is 0.374 e. The third-order valence-electron chi connectivity index (χ3n) is 4.58. The third kappa shape index (κ3) is 3.06. The van der Waals surface area contributed by atoms with E-state index in [1.807, 2.05) is 12.1 Å². The number of fused-ring (bicyclic) bond motifs is 1. The minimum atomic E-state index is -0.0988. The van der Waals surface area contributed by atoms with Crippen molar-refractivity contribution in [1.82, 2.24) is 5.32 Å². The van der Waals surface area contributed by atoms with Gasteiger partial charge in [0.05, 0.1) is 24.4 Å². The summed E-state index contributed by atoms with van der Waals surface area (Å²) in [6.07, 6.45) is 4.78. The fourth-order valence-corrected chi connectivity index (χ4v) is 3.63. The molecule has 3 rings (SSSR count). The van der Waals surface area contributed by atoms with Gasteiger partial charge in [0.15, 0.2) is 0 Å². The SMILES string of the molecule is CCCNCc1cccc(F)c1N1CCOC2CCCC21. The Kier molecular flexibility index (Phi) is 4.76. The van der Waals surface area contributed by atoms with Crippen LogP contribution < -0.4 is 10.2 Å². The molecule has 1 aliphatic carbocycles. The second kappa shape index (κ2) is 6.75. The number of nitrogens with one attached hydrogen (secondary N) is 1. The lowest BCUT2D eigenvalue weighted by Crippen LogP contribution is -2.49. The first-order chi connectivity index (χ1) is 10.3. The van der Waals surface area contributed by atoms with Gasteiger partial charge in [-0.1, -0.05) is 19.1 Å². The number of halogens is 1. The molecular formula is C17H25FN2O. The van der Waals surface area contributed by atoms with Crippen molar-refractivity contribution in [2.45, 2.75) is 51.3 Å². The first-order valence-electron chi connectivity index (χ1n) is 8.17. The van der Waals surface area contributed by atoms with E-state index >= 15 is 0 Å². The molecule has 0 bridgehead atoms. The topological polar surface area (TPSA) is 24.5 Å². The standard InChI is InChI=1S/C17H25FN2O/c1-2-9-19-12-13-5-3-6-14(18)17(13)20-10-11-21-16-8-4-7-15(16)20/h3,5-6,15-16,19H,2,4,7-12H2,1H3. The van der Waals surface area contributed by atoms with Crippen LogP contribution >= 0.6 is 0 Å². The molecule has 1 N–H and O–H groups in total. The van der Waals surface area contributed by atoms with Crippen molar-refractivity contribution in [2.24, 2.45) is 0 Å². The number of hydrogen-bond acceptors (Lipinski definition) is 3. The molecule has 2 atom stereocenters. The van der Waals surface area contributed by atoms with E-state index in [9.17, 15) is 4.39 Å². The highest BCUT2D eigenvalue weighted by molar-refractivity contribution is 5.56. The van der Waals surface area contributed by atoms with Crippen molar-refractivity contribution < 1.29 is 9.13 Å². The summed E-state index contributed by atoms with van der Waals surface area (Å²) in [6.45, 7) is 5.34. The van der Waals surface area contributed by atoms with E-state index in [2.05, 4.69) is 17.1 Å². The summed E-state index contributed by atoms with van der Waals surface area (Å²) in [5.74, 6) is -0.0988. The van der Waals surface area contributed by atoms with Crippen LogP contribution in [0.3, 0.4) is 0 Å². The number of benzene rings is 1. The van der Waals surface area contributed by atoms with E-state index in [1.165, 1.54) is 6.42 Å². The van der Waals surface area contributed by atoms with Crippen LogP contribution in [0, 0.1) is 5.82 Å². The zero-order chi connectivity index (χ0) is 14.7. The summed E-state index contributed by atoms with van der Waals surface area (Å²) in [4.78, 5) is 2.26. The lowest BCUT2D eigenvalue weighted by molar-refractivity contribution is 0.0253. The second-order valence-corrected chi connectivity index (χ2v) is 6.03. The van der Waals surface area contributed by atoms with Crippen LogP contribution in [-0.4, -0.2) is 31.8 Å². The highest BCUT2D eigenvalue weighted by Gasteiger charge is 2.37. The Morgan fingerprint density at radius 2 is 2.29 bits per heavy atom. The number of para-hydroxylation sites is 1. The van der Waals surface area contributed by atoms with Crippen molar-refractivity contribution in [3.8, 4) is 0 Å². The van der Waals surface area contributed by atoms with Gasteiger partial charge in [0.2, 0.25) is 0 Å². The van der Waals surface area contributed by atoms with E-state index in [4.69, 9.17) is 4.74 Å². The fraction of sp³-hybridized carbons (Fsp3) is 0.647. The molecule has 0 radical (unpaired) electrons. The average molecular weight is 292 g/mol. The van der Waals surface area contributed by atoms with Crippen LogP contribution in [0.1, 0.15) is 38.2 Å². The molecule has 2 fully saturated rings. The Bertz CT molecular complexity index is 480. The van der Waals surface area contributed by atoms with Crippen LogP contribution in [0.15, 0.2) is 18.2 Å². The predicted octanol–water partition coefficient (Wildman–Crippen LogP) is 3.08. The molecule has 1 aromatic rings. The second-order valence-electron chi connectivity index (χ2n) is 6.03. The molecule has 2 unspecified atom stereocenters. The van der Waals surface area contributed by atoms with E-state index in [0.29, 0.717) is 12.6 Å². The zero-order valence-corrected chi connectivity index (χ0v) is 12.8. The maximum atomic E-state index is 14.5. The van der Waals surface area contributed by atoms with Gasteiger partial charge in [-0.2, -0.15) is 0 Å². The van der Waals surface area contributed by atoms with Crippen LogP contribution in [0.2, 0.25) is 0 Å². The van der Waals surface area contributed by atoms with E-state index < -0.39 is 0 Å². The molecule has 4 heteroatoms. The smallest absolute Gasteiger partial charge is 0.146 e. The van der Waals surface area contributed by atoms with Gasteiger partial charge in [0, 0.05) is 13.1 Å². The molecule has 21 heavy (non-hydrogen) atoms. The lowest BCUT2D eigenvalue weighted by Gasteiger charge is -2.40. The van der Waals surface area contributed by atoms with Crippen LogP contribution in [0.5, 0.6) is 0 Å². The van der Waals surface area contributed by atoms with Gasteiger partial charge in [0.25, 0.3) is 0 Å². The molecule has 1 heterocycles. The third-order valence-corrected chi connectivity index (χ3v) is 4.58. The highest BCUT2D eigenvalue weighted by atomic mass is 19.1. The molecule has 1 aromatic carbocycles. The normalized spacial score (nSPS) is 25.1. The van der Waals surface area contributed by atoms with Gasteiger partial charge < -0.3 is 15.0 Å². The Morgan fingerprint density at radius 3 is 3.14 bits per heavy atom. The number of rotatable bonds is 5. The van der Waals surface area contributed by atoms with Crippen molar-refractivity contribution in [3.63, 3.8) is 0 Å². The molecule has 1 saturated carbocycles. The molecule has 0 amide bonds. The van der Waals surface area contributed by atoms with Gasteiger partial charge in [0.1, 0.15) is 5.82 Å². The Morgan fingerprint density at radius 1 is 1.38 bits per heavy atom. The number of morpholine rings is 1. The number of anilines is 1. The molecule has 3 nitrogen and oxygen atoms in total. The molecule has 0 aromatic heterocycles. The summed E-state index contributed by atoms with van der Waals surface area (Å²) in [7, 11) is 0. The monoisotopic (exact) mass is 292 g/mol. The summed E-state index contributed by atoms with van der Waals surface area (Å²) >= 11 is 0. The fourth-order valence-electron chi connectivity index (χ4n) is 3.63. The highest BCUT2D eigenvalue weighted by Crippen LogP contribution is 2.36. The van der Waals surface area contributed by atoms with Crippen molar-refractivity contribution >= 4 is 5.69 Å². The summed E-state index contributed by atoms with van der Waals surface area (Å²) in [6, 6.07) is 5.79. The number of ether oxygens (including phenoxy) is 1. The Hall–Kier alpha value is -1.13. The van der Waals surface area contributed by atoms with Crippen LogP contribution in [0.4, 0.5) is 10.1 Å². The van der Waals surface area contributed by atoms with Crippen LogP contribution in [-0.2, 0) is 11.3 Å². The van der Waals surface area contributed by atoms with E-state index in [0.717, 1.165) is 50.1 Å². The number of nitrogens with zero attached hydrogens (tertiary/aromatic N) is 1. The van der Waals surface area contributed by atoms with Crippen molar-refractivity contribution in [3.05, 3.63) is 29.6 Å². The molecule has 2 aliphatic rings. The zero-order valence-electron chi connectivity index (χ0n) is 12.8. The summed E-state index contributed by atoms with van der Waals surface area (Å²) in [5.41, 5.74) is 1.86. The van der Waals surface area contributed by atoms with Gasteiger partial charge in [-0.3, -0.25) is 0 Å². The minimum absolute atomic E-state index is 0.0988. The van der Waals surface area contributed by atoms with Crippen LogP contribution in [0.25, 0.3) is 0 Å². The maximum absolute atomic E-state index is 14.5. The molecule has 1 saturated heterocycles. The number of hydrogen-bond donors (Lipinski definition) is 1. The summed E-state index contributed by atoms with van der Waals surface area (Å²) < 4.78 is 20.3. The Balaban J connectivity index is 1.85. The maximum Gasteiger partial charge on any atom is 0.146 e. The van der Waals surface area contributed by atoms with Gasteiger partial charge in [-0.15, -0.1) is 0 Å². The quantitative estimate of drug-likeness (QED) is 0.844. The molecule has 116 valence electrons. The predicted molar refractivity (Wildman–Crippen MR) is 83.1 cm³/mol. The summed E-state index contributed by atoms with van der Waals surface area (Å²) in [5, 5.41) is 3.39. The Labute approximate surface area is 126 Å². The molecule has 0 spiro atoms. The van der Waals surface area contributed by atoms with Gasteiger partial charge in [-0.25, -0.2) is 4.39 Å². The molecular weight excluding hydrogens is 267 g/mol. The minimum Gasteiger partial charge on any atom is -0.374 e.